The van der Waals surface area contributed by atoms with Crippen molar-refractivity contribution in [3.8, 4) is 0 Å². The fourth-order valence-corrected chi connectivity index (χ4v) is 1.85. The summed E-state index contributed by atoms with van der Waals surface area (Å²) < 4.78 is 5.13. The zero-order chi connectivity index (χ0) is 12.9. The van der Waals surface area contributed by atoms with E-state index < -0.39 is 5.60 Å². The summed E-state index contributed by atoms with van der Waals surface area (Å²) in [6.07, 6.45) is 1.70. The number of H-pyrrole nitrogens is 1. The van der Waals surface area contributed by atoms with E-state index in [4.69, 9.17) is 4.74 Å². The number of rotatable bonds is 5. The van der Waals surface area contributed by atoms with Crippen LogP contribution in [0.5, 0.6) is 0 Å². The van der Waals surface area contributed by atoms with E-state index in [1.54, 1.807) is 18.3 Å². The molecule has 0 bridgehead atoms. The summed E-state index contributed by atoms with van der Waals surface area (Å²) in [5, 5.41) is 0. The molecule has 94 valence electrons. The molecule has 0 aromatic carbocycles. The van der Waals surface area contributed by atoms with Gasteiger partial charge in [-0.15, -0.1) is 11.8 Å². The number of nitrogens with one attached hydrogen (secondary N) is 1. The third-order valence-corrected chi connectivity index (χ3v) is 2.68. The SMILES string of the molecule is CC(C)(C)OC(=O)CSCC(=O)c1ccc[nH]1. The summed E-state index contributed by atoms with van der Waals surface area (Å²) in [4.78, 5) is 25.8. The number of Topliss-reactive ketones (excluding diaryl/α,β-unsaturated/α-hetero) is 1. The van der Waals surface area contributed by atoms with Crippen LogP contribution in [0, 0.1) is 0 Å². The molecule has 1 aromatic heterocycles. The highest BCUT2D eigenvalue weighted by Crippen LogP contribution is 2.11. The minimum absolute atomic E-state index is 0.0106. The predicted octanol–water partition coefficient (Wildman–Crippen LogP) is 2.27. The molecule has 1 N–H and O–H groups in total. The van der Waals surface area contributed by atoms with E-state index in [1.165, 1.54) is 11.8 Å². The van der Waals surface area contributed by atoms with Gasteiger partial charge in [0.25, 0.3) is 0 Å². The van der Waals surface area contributed by atoms with Crippen molar-refractivity contribution in [1.82, 2.24) is 4.98 Å². The Morgan fingerprint density at radius 1 is 1.35 bits per heavy atom. The van der Waals surface area contributed by atoms with Crippen molar-refractivity contribution in [1.29, 1.82) is 0 Å². The molecule has 0 atom stereocenters. The first-order valence-electron chi connectivity index (χ1n) is 5.34. The molecule has 0 aliphatic rings. The van der Waals surface area contributed by atoms with Crippen LogP contribution < -0.4 is 0 Å². The van der Waals surface area contributed by atoms with E-state index in [2.05, 4.69) is 4.98 Å². The normalized spacial score (nSPS) is 11.2. The Labute approximate surface area is 105 Å². The zero-order valence-electron chi connectivity index (χ0n) is 10.3. The maximum atomic E-state index is 11.6. The van der Waals surface area contributed by atoms with Gasteiger partial charge in [-0.3, -0.25) is 9.59 Å². The summed E-state index contributed by atoms with van der Waals surface area (Å²) >= 11 is 1.26. The second-order valence-electron chi connectivity index (χ2n) is 4.59. The first-order chi connectivity index (χ1) is 7.88. The molecule has 0 saturated heterocycles. The molecule has 0 aliphatic carbocycles. The first-order valence-corrected chi connectivity index (χ1v) is 6.50. The molecular formula is C12H17NO3S. The van der Waals surface area contributed by atoms with Gasteiger partial charge in [-0.1, -0.05) is 0 Å². The molecule has 0 saturated carbocycles. The van der Waals surface area contributed by atoms with Crippen LogP contribution in [0.2, 0.25) is 0 Å². The maximum Gasteiger partial charge on any atom is 0.316 e. The van der Waals surface area contributed by atoms with Crippen molar-refractivity contribution >= 4 is 23.5 Å². The van der Waals surface area contributed by atoms with Gasteiger partial charge >= 0.3 is 5.97 Å². The predicted molar refractivity (Wildman–Crippen MR) is 68.3 cm³/mol. The summed E-state index contributed by atoms with van der Waals surface area (Å²) in [6.45, 7) is 5.46. The van der Waals surface area contributed by atoms with Crippen molar-refractivity contribution in [3.63, 3.8) is 0 Å². The van der Waals surface area contributed by atoms with Crippen LogP contribution in [0.15, 0.2) is 18.3 Å². The Hall–Kier alpha value is -1.23. The average Bonchev–Trinajstić information content (AvgIpc) is 2.66. The van der Waals surface area contributed by atoms with Crippen LogP contribution in [-0.4, -0.2) is 33.8 Å². The van der Waals surface area contributed by atoms with Crippen LogP contribution in [-0.2, 0) is 9.53 Å². The summed E-state index contributed by atoms with van der Waals surface area (Å²) in [5.41, 5.74) is 0.0999. The minimum atomic E-state index is -0.471. The van der Waals surface area contributed by atoms with Crippen LogP contribution in [0.1, 0.15) is 31.3 Å². The van der Waals surface area contributed by atoms with E-state index in [9.17, 15) is 9.59 Å². The zero-order valence-corrected chi connectivity index (χ0v) is 11.1. The van der Waals surface area contributed by atoms with Gasteiger partial charge in [-0.2, -0.15) is 0 Å². The van der Waals surface area contributed by atoms with E-state index in [1.807, 2.05) is 20.8 Å². The summed E-state index contributed by atoms with van der Waals surface area (Å²) in [6, 6.07) is 3.49. The molecule has 5 heteroatoms. The summed E-state index contributed by atoms with van der Waals surface area (Å²) in [7, 11) is 0. The molecule has 0 amide bonds. The molecule has 0 radical (unpaired) electrons. The number of ketones is 1. The Morgan fingerprint density at radius 3 is 2.59 bits per heavy atom. The standard InChI is InChI=1S/C12H17NO3S/c1-12(2,3)16-11(15)8-17-7-10(14)9-5-4-6-13-9/h4-6,13H,7-8H2,1-3H3. The van der Waals surface area contributed by atoms with Crippen LogP contribution in [0.25, 0.3) is 0 Å². The third kappa shape index (κ3) is 5.58. The largest absolute Gasteiger partial charge is 0.459 e. The quantitative estimate of drug-likeness (QED) is 0.647. The highest BCUT2D eigenvalue weighted by Gasteiger charge is 2.16. The molecule has 0 aliphatic heterocycles. The molecule has 0 unspecified atom stereocenters. The van der Waals surface area contributed by atoms with Crippen molar-refractivity contribution in [3.05, 3.63) is 24.0 Å². The Balaban J connectivity index is 2.24. The molecule has 1 heterocycles. The third-order valence-electron chi connectivity index (χ3n) is 1.77. The highest BCUT2D eigenvalue weighted by molar-refractivity contribution is 8.00. The number of carbonyl (C=O) groups is 2. The van der Waals surface area contributed by atoms with E-state index in [-0.39, 0.29) is 23.3 Å². The summed E-state index contributed by atoms with van der Waals surface area (Å²) in [5.74, 6) is 0.175. The van der Waals surface area contributed by atoms with E-state index in [0.717, 1.165) is 0 Å². The number of aromatic amines is 1. The van der Waals surface area contributed by atoms with Gasteiger partial charge in [-0.05, 0) is 32.9 Å². The number of aromatic nitrogens is 1. The first kappa shape index (κ1) is 13.8. The molecule has 0 fully saturated rings. The minimum Gasteiger partial charge on any atom is -0.459 e. The van der Waals surface area contributed by atoms with Gasteiger partial charge in [0.15, 0.2) is 5.78 Å². The van der Waals surface area contributed by atoms with Crippen LogP contribution in [0.4, 0.5) is 0 Å². The highest BCUT2D eigenvalue weighted by atomic mass is 32.2. The second-order valence-corrected chi connectivity index (χ2v) is 5.57. The average molecular weight is 255 g/mol. The number of hydrogen-bond acceptors (Lipinski definition) is 4. The maximum absolute atomic E-state index is 11.6. The van der Waals surface area contributed by atoms with Gasteiger partial charge in [0, 0.05) is 6.20 Å². The molecule has 1 aromatic rings. The van der Waals surface area contributed by atoms with Gasteiger partial charge in [0.1, 0.15) is 5.60 Å². The monoisotopic (exact) mass is 255 g/mol. The lowest BCUT2D eigenvalue weighted by Gasteiger charge is -2.19. The number of thioether (sulfide) groups is 1. The van der Waals surface area contributed by atoms with Crippen molar-refractivity contribution in [2.45, 2.75) is 26.4 Å². The van der Waals surface area contributed by atoms with Gasteiger partial charge < -0.3 is 9.72 Å². The van der Waals surface area contributed by atoms with Crippen molar-refractivity contribution in [2.75, 3.05) is 11.5 Å². The number of ether oxygens (including phenoxy) is 1. The number of esters is 1. The lowest BCUT2D eigenvalue weighted by molar-refractivity contribution is -0.151. The van der Waals surface area contributed by atoms with Crippen molar-refractivity contribution in [2.24, 2.45) is 0 Å². The molecule has 0 spiro atoms. The fraction of sp³-hybridized carbons (Fsp3) is 0.500. The number of carbonyl (C=O) groups excluding carboxylic acids is 2. The second kappa shape index (κ2) is 5.91. The Morgan fingerprint density at radius 2 is 2.06 bits per heavy atom. The fourth-order valence-electron chi connectivity index (χ4n) is 1.18. The molecule has 17 heavy (non-hydrogen) atoms. The molecule has 4 nitrogen and oxygen atoms in total. The Bertz CT molecular complexity index is 379. The lowest BCUT2D eigenvalue weighted by Crippen LogP contribution is -2.25. The molecule has 1 rings (SSSR count). The topological polar surface area (TPSA) is 59.2 Å². The smallest absolute Gasteiger partial charge is 0.316 e. The Kier molecular flexibility index (Phi) is 4.81. The van der Waals surface area contributed by atoms with E-state index >= 15 is 0 Å². The van der Waals surface area contributed by atoms with Crippen LogP contribution >= 0.6 is 11.8 Å². The lowest BCUT2D eigenvalue weighted by atomic mass is 10.2. The molecular weight excluding hydrogens is 238 g/mol. The number of hydrogen-bond donors (Lipinski definition) is 1. The van der Waals surface area contributed by atoms with Gasteiger partial charge in [-0.25, -0.2) is 0 Å². The van der Waals surface area contributed by atoms with Gasteiger partial charge in [0.2, 0.25) is 0 Å². The van der Waals surface area contributed by atoms with Gasteiger partial charge in [0.05, 0.1) is 17.2 Å². The van der Waals surface area contributed by atoms with Crippen LogP contribution in [0.3, 0.4) is 0 Å². The van der Waals surface area contributed by atoms with Crippen molar-refractivity contribution < 1.29 is 14.3 Å². The van der Waals surface area contributed by atoms with E-state index in [0.29, 0.717) is 5.69 Å².